The highest BCUT2D eigenvalue weighted by Gasteiger charge is 2.18. The second kappa shape index (κ2) is 8.68. The van der Waals surface area contributed by atoms with Crippen LogP contribution in [0.3, 0.4) is 0 Å². The number of thioether (sulfide) groups is 1. The van der Waals surface area contributed by atoms with Gasteiger partial charge in [0.25, 0.3) is 5.56 Å². The predicted molar refractivity (Wildman–Crippen MR) is 128 cm³/mol. The van der Waals surface area contributed by atoms with Crippen molar-refractivity contribution >= 4 is 40.0 Å². The molecule has 8 heteroatoms. The molecule has 0 N–H and O–H groups in total. The van der Waals surface area contributed by atoms with Crippen LogP contribution in [0.25, 0.3) is 22.4 Å². The van der Waals surface area contributed by atoms with Crippen molar-refractivity contribution in [1.82, 2.24) is 19.2 Å². The molecule has 0 aliphatic heterocycles. The van der Waals surface area contributed by atoms with Crippen molar-refractivity contribution in [2.75, 3.05) is 12.4 Å². The van der Waals surface area contributed by atoms with Gasteiger partial charge in [-0.25, -0.2) is 4.57 Å². The van der Waals surface area contributed by atoms with Gasteiger partial charge in [-0.3, -0.25) is 9.20 Å². The lowest BCUT2D eigenvalue weighted by atomic mass is 10.2. The van der Waals surface area contributed by atoms with Crippen LogP contribution in [0.1, 0.15) is 5.56 Å². The average Bonchev–Trinajstić information content (AvgIpc) is 3.23. The number of rotatable bonds is 6. The average molecular weight is 463 g/mol. The van der Waals surface area contributed by atoms with E-state index in [9.17, 15) is 4.79 Å². The number of aromatic nitrogens is 4. The lowest BCUT2D eigenvalue weighted by molar-refractivity contribution is 0.344. The van der Waals surface area contributed by atoms with E-state index in [0.29, 0.717) is 39.5 Å². The quantitative estimate of drug-likeness (QED) is 0.257. The summed E-state index contributed by atoms with van der Waals surface area (Å²) in [5.41, 5.74) is 2.43. The highest BCUT2D eigenvalue weighted by Crippen LogP contribution is 2.26. The van der Waals surface area contributed by atoms with Gasteiger partial charge in [0.05, 0.1) is 28.2 Å². The summed E-state index contributed by atoms with van der Waals surface area (Å²) in [6, 6.07) is 22.7. The first-order valence-electron chi connectivity index (χ1n) is 10.1. The molecule has 0 amide bonds. The van der Waals surface area contributed by atoms with Gasteiger partial charge in [0.15, 0.2) is 5.16 Å². The van der Waals surface area contributed by atoms with Gasteiger partial charge in [0, 0.05) is 5.75 Å². The van der Waals surface area contributed by atoms with Crippen molar-refractivity contribution in [3.63, 3.8) is 0 Å². The molecule has 0 spiro atoms. The van der Waals surface area contributed by atoms with Crippen LogP contribution < -0.4 is 10.3 Å². The Kier molecular flexibility index (Phi) is 5.59. The highest BCUT2D eigenvalue weighted by molar-refractivity contribution is 7.99. The number of halogens is 1. The lowest BCUT2D eigenvalue weighted by Crippen LogP contribution is -2.22. The van der Waals surface area contributed by atoms with Gasteiger partial charge >= 0.3 is 0 Å². The Balaban J connectivity index is 1.55. The Hall–Kier alpha value is -3.29. The summed E-state index contributed by atoms with van der Waals surface area (Å²) in [5.74, 6) is 1.78. The number of nitrogens with zero attached hydrogens (tertiary/aromatic N) is 4. The van der Waals surface area contributed by atoms with E-state index in [2.05, 4.69) is 10.2 Å². The Labute approximate surface area is 193 Å². The first-order chi connectivity index (χ1) is 15.6. The van der Waals surface area contributed by atoms with E-state index in [4.69, 9.17) is 16.3 Å². The fourth-order valence-corrected chi connectivity index (χ4v) is 4.60. The Bertz CT molecular complexity index is 1490. The zero-order valence-corrected chi connectivity index (χ0v) is 18.8. The van der Waals surface area contributed by atoms with Crippen LogP contribution >= 0.6 is 23.4 Å². The van der Waals surface area contributed by atoms with Crippen LogP contribution in [-0.2, 0) is 0 Å². The standard InChI is InChI=1S/C24H19ClN4O2S/c1-16-8-2-5-11-19(16)28-22(30)17-9-3-6-12-20(17)29-23(28)26-27-24(29)32-15-14-31-21-13-7-4-10-18(21)25/h2-13H,14-15H2,1H3. The van der Waals surface area contributed by atoms with Gasteiger partial charge in [0.2, 0.25) is 5.78 Å². The molecule has 0 saturated heterocycles. The van der Waals surface area contributed by atoms with Crippen molar-refractivity contribution in [3.8, 4) is 11.4 Å². The molecule has 32 heavy (non-hydrogen) atoms. The Morgan fingerprint density at radius 3 is 2.56 bits per heavy atom. The zero-order valence-electron chi connectivity index (χ0n) is 17.2. The van der Waals surface area contributed by atoms with Gasteiger partial charge in [-0.05, 0) is 42.8 Å². The molecule has 0 saturated carbocycles. The number of ether oxygens (including phenoxy) is 1. The third-order valence-corrected chi connectivity index (χ3v) is 6.37. The van der Waals surface area contributed by atoms with Crippen LogP contribution in [0.5, 0.6) is 5.75 Å². The van der Waals surface area contributed by atoms with Crippen molar-refractivity contribution in [2.24, 2.45) is 0 Å². The number of para-hydroxylation sites is 3. The van der Waals surface area contributed by atoms with E-state index in [1.807, 2.05) is 78.1 Å². The Morgan fingerprint density at radius 2 is 1.72 bits per heavy atom. The topological polar surface area (TPSA) is 61.4 Å². The molecule has 3 aromatic carbocycles. The van der Waals surface area contributed by atoms with E-state index < -0.39 is 0 Å². The van der Waals surface area contributed by atoms with Crippen LogP contribution in [0.2, 0.25) is 5.02 Å². The van der Waals surface area contributed by atoms with E-state index in [1.165, 1.54) is 11.8 Å². The van der Waals surface area contributed by atoms with Crippen LogP contribution in [0.4, 0.5) is 0 Å². The molecule has 160 valence electrons. The van der Waals surface area contributed by atoms with Crippen LogP contribution in [0.15, 0.2) is 82.7 Å². The number of hydrogen-bond donors (Lipinski definition) is 0. The van der Waals surface area contributed by atoms with Crippen molar-refractivity contribution in [3.05, 3.63) is 93.7 Å². The minimum Gasteiger partial charge on any atom is -0.491 e. The summed E-state index contributed by atoms with van der Waals surface area (Å²) in [5, 5.41) is 10.7. The second-order valence-electron chi connectivity index (χ2n) is 7.19. The third kappa shape index (κ3) is 3.63. The molecule has 0 unspecified atom stereocenters. The molecular weight excluding hydrogens is 444 g/mol. The fourth-order valence-electron chi connectivity index (χ4n) is 3.65. The van der Waals surface area contributed by atoms with Crippen molar-refractivity contribution < 1.29 is 4.74 Å². The minimum atomic E-state index is -0.117. The third-order valence-electron chi connectivity index (χ3n) is 5.16. The molecule has 5 aromatic rings. The summed E-state index contributed by atoms with van der Waals surface area (Å²) in [4.78, 5) is 13.4. The summed E-state index contributed by atoms with van der Waals surface area (Å²) in [6.07, 6.45) is 0. The van der Waals surface area contributed by atoms with Crippen molar-refractivity contribution in [2.45, 2.75) is 12.1 Å². The molecule has 2 aromatic heterocycles. The molecule has 6 nitrogen and oxygen atoms in total. The SMILES string of the molecule is Cc1ccccc1-n1c(=O)c2ccccc2n2c(SCCOc3ccccc3Cl)nnc12. The highest BCUT2D eigenvalue weighted by atomic mass is 35.5. The number of hydrogen-bond acceptors (Lipinski definition) is 5. The maximum atomic E-state index is 13.4. The second-order valence-corrected chi connectivity index (χ2v) is 8.66. The summed E-state index contributed by atoms with van der Waals surface area (Å²) in [6.45, 7) is 2.43. The van der Waals surface area contributed by atoms with Gasteiger partial charge in [-0.1, -0.05) is 65.8 Å². The number of fused-ring (bicyclic) bond motifs is 3. The van der Waals surface area contributed by atoms with Gasteiger partial charge in [0.1, 0.15) is 5.75 Å². The van der Waals surface area contributed by atoms with Gasteiger partial charge in [-0.2, -0.15) is 0 Å². The zero-order chi connectivity index (χ0) is 22.1. The number of benzene rings is 3. The first kappa shape index (κ1) is 20.6. The molecule has 0 bridgehead atoms. The smallest absolute Gasteiger partial charge is 0.267 e. The van der Waals surface area contributed by atoms with E-state index in [-0.39, 0.29) is 5.56 Å². The molecule has 2 heterocycles. The van der Waals surface area contributed by atoms with E-state index in [1.54, 1.807) is 10.6 Å². The van der Waals surface area contributed by atoms with Crippen LogP contribution in [0, 0.1) is 6.92 Å². The molecule has 0 aliphatic carbocycles. The maximum absolute atomic E-state index is 13.4. The largest absolute Gasteiger partial charge is 0.491 e. The molecular formula is C24H19ClN4O2S. The normalized spacial score (nSPS) is 11.3. The Morgan fingerprint density at radius 1 is 0.969 bits per heavy atom. The number of aryl methyl sites for hydroxylation is 1. The first-order valence-corrected chi connectivity index (χ1v) is 11.5. The lowest BCUT2D eigenvalue weighted by Gasteiger charge is -2.13. The summed E-state index contributed by atoms with van der Waals surface area (Å²) < 4.78 is 9.36. The maximum Gasteiger partial charge on any atom is 0.267 e. The summed E-state index contributed by atoms with van der Waals surface area (Å²) in [7, 11) is 0. The van der Waals surface area contributed by atoms with Crippen molar-refractivity contribution in [1.29, 1.82) is 0 Å². The van der Waals surface area contributed by atoms with Gasteiger partial charge in [-0.15, -0.1) is 10.2 Å². The monoisotopic (exact) mass is 462 g/mol. The van der Waals surface area contributed by atoms with E-state index >= 15 is 0 Å². The molecule has 0 radical (unpaired) electrons. The summed E-state index contributed by atoms with van der Waals surface area (Å²) >= 11 is 7.68. The predicted octanol–water partition coefficient (Wildman–Crippen LogP) is 5.17. The van der Waals surface area contributed by atoms with Gasteiger partial charge < -0.3 is 4.74 Å². The minimum absolute atomic E-state index is 0.117. The fraction of sp³-hybridized carbons (Fsp3) is 0.125. The van der Waals surface area contributed by atoms with E-state index in [0.717, 1.165) is 16.8 Å². The molecule has 5 rings (SSSR count). The van der Waals surface area contributed by atoms with Crippen LogP contribution in [-0.4, -0.2) is 31.5 Å². The molecule has 0 fully saturated rings. The molecule has 0 aliphatic rings. The molecule has 0 atom stereocenters.